The molecule has 3 heterocycles. The van der Waals surface area contributed by atoms with Crippen LogP contribution in [0.3, 0.4) is 0 Å². The lowest BCUT2D eigenvalue weighted by Crippen LogP contribution is -2.56. The first kappa shape index (κ1) is 31.3. The van der Waals surface area contributed by atoms with Crippen LogP contribution in [0.15, 0.2) is 36.5 Å². The first-order chi connectivity index (χ1) is 21.5. The highest BCUT2D eigenvalue weighted by Crippen LogP contribution is 2.46. The van der Waals surface area contributed by atoms with Gasteiger partial charge in [0.05, 0.1) is 36.1 Å². The van der Waals surface area contributed by atoms with E-state index in [-0.39, 0.29) is 55.3 Å². The van der Waals surface area contributed by atoms with E-state index in [1.54, 1.807) is 25.3 Å². The molecule has 2 aromatic rings. The number of ether oxygens (including phenoxy) is 2. The van der Waals surface area contributed by atoms with Crippen molar-refractivity contribution in [2.75, 3.05) is 13.7 Å². The molecule has 2 aliphatic carbocycles. The van der Waals surface area contributed by atoms with E-state index in [0.717, 1.165) is 19.3 Å². The molecule has 1 aromatic heterocycles. The van der Waals surface area contributed by atoms with Gasteiger partial charge in [-0.1, -0.05) is 38.8 Å². The van der Waals surface area contributed by atoms with Crippen LogP contribution in [0.1, 0.15) is 65.2 Å². The number of nitrogens with zero attached hydrogens (tertiary/aromatic N) is 3. The second-order valence-corrected chi connectivity index (χ2v) is 15.1. The highest BCUT2D eigenvalue weighted by molar-refractivity contribution is 7.91. The Labute approximate surface area is 263 Å². The number of nitrogens with one attached hydrogen (secondary N) is 2. The SMILES string of the molecule is COc1ccc2ncc(O[C@@H]3C[C@H]4C(=O)N[C@]5(C(=O)NS(=O)(=O)C6CC6)C[C@@H]5/C=C\[C@H](C)CCC[C@@H](C)CC(=O)N4C3)nc2c1. The predicted octanol–water partition coefficient (Wildman–Crippen LogP) is 2.87. The molecule has 4 aliphatic rings. The van der Waals surface area contributed by atoms with Crippen molar-refractivity contribution in [3.63, 3.8) is 0 Å². The molecule has 2 aliphatic heterocycles. The van der Waals surface area contributed by atoms with E-state index in [1.165, 1.54) is 11.1 Å². The van der Waals surface area contributed by atoms with Crippen molar-refractivity contribution in [3.05, 3.63) is 36.5 Å². The molecule has 13 heteroatoms. The minimum atomic E-state index is -3.82. The van der Waals surface area contributed by atoms with Gasteiger partial charge >= 0.3 is 0 Å². The molecule has 1 aromatic carbocycles. The Kier molecular flexibility index (Phi) is 8.49. The smallest absolute Gasteiger partial charge is 0.259 e. The third-order valence-electron chi connectivity index (χ3n) is 9.42. The largest absolute Gasteiger partial charge is 0.497 e. The van der Waals surface area contributed by atoms with Gasteiger partial charge in [0.15, 0.2) is 0 Å². The summed E-state index contributed by atoms with van der Waals surface area (Å²) in [6, 6.07) is 4.44. The molecule has 0 spiro atoms. The number of carbonyl (C=O) groups is 3. The first-order valence-electron chi connectivity index (χ1n) is 15.8. The zero-order chi connectivity index (χ0) is 31.9. The Morgan fingerprint density at radius 1 is 1.11 bits per heavy atom. The molecule has 0 bridgehead atoms. The number of sulfonamides is 1. The standard InChI is InChI=1S/C32H41N5O7S/c1-19-5-4-6-20(2)13-29(38)37-18-23(44-28-17-33-25-12-9-22(43-3)14-26(25)34-28)15-27(37)30(39)35-32(16-21(32)8-7-19)31(40)36-45(41,42)24-10-11-24/h7-9,12,14,17,19-21,23-24,27H,4-6,10-11,13,15-16,18H2,1-3H3,(H,35,39)(H,36,40)/b8-7-/t19-,20-,21+,23-,27+,32-/m1/s1. The van der Waals surface area contributed by atoms with E-state index in [2.05, 4.69) is 26.9 Å². The number of allylic oxidation sites excluding steroid dienone is 1. The minimum Gasteiger partial charge on any atom is -0.497 e. The van der Waals surface area contributed by atoms with Gasteiger partial charge < -0.3 is 19.7 Å². The van der Waals surface area contributed by atoms with Gasteiger partial charge in [-0.2, -0.15) is 0 Å². The van der Waals surface area contributed by atoms with E-state index >= 15 is 0 Å². The van der Waals surface area contributed by atoms with Crippen LogP contribution < -0.4 is 19.5 Å². The highest BCUT2D eigenvalue weighted by atomic mass is 32.2. The van der Waals surface area contributed by atoms with Gasteiger partial charge in [0.1, 0.15) is 23.4 Å². The lowest BCUT2D eigenvalue weighted by molar-refractivity contribution is -0.140. The molecule has 2 saturated carbocycles. The fourth-order valence-corrected chi connectivity index (χ4v) is 7.79. The Balaban J connectivity index is 1.25. The quantitative estimate of drug-likeness (QED) is 0.454. The molecule has 1 saturated heterocycles. The zero-order valence-electron chi connectivity index (χ0n) is 25.9. The van der Waals surface area contributed by atoms with Crippen LogP contribution in [0.5, 0.6) is 11.6 Å². The average molecular weight is 640 g/mol. The maximum absolute atomic E-state index is 14.0. The monoisotopic (exact) mass is 639 g/mol. The summed E-state index contributed by atoms with van der Waals surface area (Å²) in [6.07, 6.45) is 9.43. The number of amides is 3. The summed E-state index contributed by atoms with van der Waals surface area (Å²) in [5, 5.41) is 2.32. The number of hydrogen-bond donors (Lipinski definition) is 2. The molecule has 45 heavy (non-hydrogen) atoms. The molecular weight excluding hydrogens is 598 g/mol. The Bertz CT molecular complexity index is 1630. The van der Waals surface area contributed by atoms with Crippen LogP contribution in [0, 0.1) is 17.8 Å². The Hall–Kier alpha value is -3.74. The van der Waals surface area contributed by atoms with Gasteiger partial charge in [-0.25, -0.2) is 18.4 Å². The minimum absolute atomic E-state index is 0.127. The third kappa shape index (κ3) is 6.78. The third-order valence-corrected chi connectivity index (χ3v) is 11.2. The topological polar surface area (TPSA) is 157 Å². The van der Waals surface area contributed by atoms with Crippen molar-refractivity contribution in [2.24, 2.45) is 17.8 Å². The molecule has 2 N–H and O–H groups in total. The van der Waals surface area contributed by atoms with Crippen LogP contribution >= 0.6 is 0 Å². The highest BCUT2D eigenvalue weighted by Gasteiger charge is 2.62. The van der Waals surface area contributed by atoms with Gasteiger partial charge in [-0.3, -0.25) is 19.1 Å². The summed E-state index contributed by atoms with van der Waals surface area (Å²) in [5.41, 5.74) is -0.154. The van der Waals surface area contributed by atoms with Crippen LogP contribution in [0.4, 0.5) is 0 Å². The molecule has 3 amide bonds. The fraction of sp³-hybridized carbons (Fsp3) is 0.594. The Morgan fingerprint density at radius 3 is 2.67 bits per heavy atom. The van der Waals surface area contributed by atoms with E-state index in [4.69, 9.17) is 9.47 Å². The number of carbonyl (C=O) groups excluding carboxylic acids is 3. The lowest BCUT2D eigenvalue weighted by Gasteiger charge is -2.27. The molecule has 6 rings (SSSR count). The number of fused-ring (bicyclic) bond motifs is 3. The fourth-order valence-electron chi connectivity index (χ4n) is 6.43. The van der Waals surface area contributed by atoms with Crippen molar-refractivity contribution >= 4 is 38.8 Å². The molecule has 3 fully saturated rings. The molecule has 6 atom stereocenters. The number of hydrogen-bond acceptors (Lipinski definition) is 9. The van der Waals surface area contributed by atoms with Gasteiger partial charge in [0, 0.05) is 24.8 Å². The second kappa shape index (κ2) is 12.2. The summed E-state index contributed by atoms with van der Waals surface area (Å²) in [6.45, 7) is 4.30. The predicted molar refractivity (Wildman–Crippen MR) is 166 cm³/mol. The van der Waals surface area contributed by atoms with Crippen LogP contribution in [-0.2, 0) is 24.4 Å². The first-order valence-corrected chi connectivity index (χ1v) is 17.4. The number of methoxy groups -OCH3 is 1. The molecular formula is C32H41N5O7S. The maximum Gasteiger partial charge on any atom is 0.259 e. The van der Waals surface area contributed by atoms with Crippen molar-refractivity contribution < 1.29 is 32.3 Å². The van der Waals surface area contributed by atoms with Crippen LogP contribution in [0.25, 0.3) is 11.0 Å². The van der Waals surface area contributed by atoms with Crippen LogP contribution in [0.2, 0.25) is 0 Å². The molecule has 0 unspecified atom stereocenters. The van der Waals surface area contributed by atoms with Gasteiger partial charge in [-0.05, 0) is 49.7 Å². The van der Waals surface area contributed by atoms with Gasteiger partial charge in [0.25, 0.3) is 5.91 Å². The van der Waals surface area contributed by atoms with Crippen molar-refractivity contribution in [2.45, 2.75) is 88.1 Å². The summed E-state index contributed by atoms with van der Waals surface area (Å²) >= 11 is 0. The number of aromatic nitrogens is 2. The van der Waals surface area contributed by atoms with E-state index in [1.807, 2.05) is 19.1 Å². The second-order valence-electron chi connectivity index (χ2n) is 13.1. The maximum atomic E-state index is 14.0. The summed E-state index contributed by atoms with van der Waals surface area (Å²) in [5.74, 6) is -0.499. The molecule has 0 radical (unpaired) electrons. The Morgan fingerprint density at radius 2 is 1.91 bits per heavy atom. The van der Waals surface area contributed by atoms with Gasteiger partial charge in [-0.15, -0.1) is 0 Å². The van der Waals surface area contributed by atoms with Crippen molar-refractivity contribution in [1.82, 2.24) is 24.9 Å². The summed E-state index contributed by atoms with van der Waals surface area (Å²) in [4.78, 5) is 51.7. The molecule has 242 valence electrons. The van der Waals surface area contributed by atoms with Crippen LogP contribution in [-0.4, -0.2) is 77.6 Å². The van der Waals surface area contributed by atoms with E-state index in [9.17, 15) is 22.8 Å². The summed E-state index contributed by atoms with van der Waals surface area (Å²) < 4.78 is 39.1. The van der Waals surface area contributed by atoms with Crippen molar-refractivity contribution in [1.29, 1.82) is 0 Å². The van der Waals surface area contributed by atoms with Crippen molar-refractivity contribution in [3.8, 4) is 11.6 Å². The van der Waals surface area contributed by atoms with E-state index in [0.29, 0.717) is 29.6 Å². The van der Waals surface area contributed by atoms with E-state index < -0.39 is 44.8 Å². The van der Waals surface area contributed by atoms with Gasteiger partial charge in [0.2, 0.25) is 27.7 Å². The average Bonchev–Trinajstić information content (AvgIpc) is 3.92. The molecule has 12 nitrogen and oxygen atoms in total. The number of benzene rings is 1. The normalized spacial score (nSPS) is 31.5. The lowest BCUT2D eigenvalue weighted by atomic mass is 9.95. The zero-order valence-corrected chi connectivity index (χ0v) is 26.7. The summed E-state index contributed by atoms with van der Waals surface area (Å²) in [7, 11) is -2.25. The number of rotatable bonds is 6.